The lowest BCUT2D eigenvalue weighted by Crippen LogP contribution is -2.37. The van der Waals surface area contributed by atoms with Crippen LogP contribution in [0.4, 0.5) is 0 Å². The van der Waals surface area contributed by atoms with Crippen LogP contribution in [0, 0.1) is 19.3 Å². The molecule has 0 saturated carbocycles. The fraction of sp³-hybridized carbons (Fsp3) is 0.263. The van der Waals surface area contributed by atoms with Gasteiger partial charge in [-0.15, -0.1) is 0 Å². The molecule has 0 spiro atoms. The maximum atomic E-state index is 12.5. The molecule has 2 aromatic rings. The van der Waals surface area contributed by atoms with Gasteiger partial charge in [0, 0.05) is 17.2 Å². The normalized spacial score (nSPS) is 14.7. The van der Waals surface area contributed by atoms with Crippen LogP contribution in [0.2, 0.25) is 0 Å². The predicted octanol–water partition coefficient (Wildman–Crippen LogP) is 3.03. The highest BCUT2D eigenvalue weighted by Crippen LogP contribution is 2.34. The topological polar surface area (TPSA) is 79.0 Å². The Morgan fingerprint density at radius 1 is 1.22 bits per heavy atom. The molecule has 4 heteroatoms. The third-order valence-electron chi connectivity index (χ3n) is 4.32. The van der Waals surface area contributed by atoms with Gasteiger partial charge in [0.2, 0.25) is 5.78 Å². The van der Waals surface area contributed by atoms with E-state index >= 15 is 0 Å². The SMILES string of the molecule is Cc1cccc2cc3c(c(C)c12)C(N)=C(NC(C)C)C(=O)C3=N. The van der Waals surface area contributed by atoms with Crippen LogP contribution in [0.3, 0.4) is 0 Å². The van der Waals surface area contributed by atoms with Crippen molar-refractivity contribution in [3.05, 3.63) is 52.2 Å². The molecular formula is C19H21N3O. The maximum absolute atomic E-state index is 12.5. The van der Waals surface area contributed by atoms with Gasteiger partial charge in [0.15, 0.2) is 0 Å². The van der Waals surface area contributed by atoms with Crippen molar-refractivity contribution in [2.75, 3.05) is 0 Å². The number of hydrogen-bond acceptors (Lipinski definition) is 4. The average Bonchev–Trinajstić information content (AvgIpc) is 2.49. The Morgan fingerprint density at radius 2 is 1.91 bits per heavy atom. The largest absolute Gasteiger partial charge is 0.396 e. The number of rotatable bonds is 2. The minimum Gasteiger partial charge on any atom is -0.396 e. The molecule has 0 aromatic heterocycles. The molecule has 118 valence electrons. The van der Waals surface area contributed by atoms with Gasteiger partial charge in [-0.1, -0.05) is 18.2 Å². The van der Waals surface area contributed by atoms with E-state index in [1.807, 2.05) is 39.0 Å². The molecule has 0 radical (unpaired) electrons. The van der Waals surface area contributed by atoms with E-state index in [0.29, 0.717) is 17.0 Å². The number of carbonyl (C=O) groups is 1. The van der Waals surface area contributed by atoms with Gasteiger partial charge < -0.3 is 11.1 Å². The number of fused-ring (bicyclic) bond motifs is 2. The number of nitrogens with two attached hydrogens (primary N) is 1. The lowest BCUT2D eigenvalue weighted by molar-refractivity contribution is -0.110. The van der Waals surface area contributed by atoms with Gasteiger partial charge in [-0.25, -0.2) is 0 Å². The number of aryl methyl sites for hydroxylation is 2. The van der Waals surface area contributed by atoms with Crippen molar-refractivity contribution in [1.29, 1.82) is 5.41 Å². The van der Waals surface area contributed by atoms with Crippen molar-refractivity contribution in [3.8, 4) is 0 Å². The van der Waals surface area contributed by atoms with Crippen LogP contribution < -0.4 is 11.1 Å². The molecule has 23 heavy (non-hydrogen) atoms. The average molecular weight is 307 g/mol. The summed E-state index contributed by atoms with van der Waals surface area (Å²) in [6.07, 6.45) is 0. The fourth-order valence-electron chi connectivity index (χ4n) is 3.35. The van der Waals surface area contributed by atoms with E-state index in [1.165, 1.54) is 0 Å². The number of hydrogen-bond donors (Lipinski definition) is 3. The highest BCUT2D eigenvalue weighted by molar-refractivity contribution is 6.53. The summed E-state index contributed by atoms with van der Waals surface area (Å²) in [6.45, 7) is 7.97. The molecule has 0 bridgehead atoms. The Bertz CT molecular complexity index is 891. The summed E-state index contributed by atoms with van der Waals surface area (Å²) in [7, 11) is 0. The van der Waals surface area contributed by atoms with Gasteiger partial charge in [-0.3, -0.25) is 10.2 Å². The third-order valence-corrected chi connectivity index (χ3v) is 4.32. The Morgan fingerprint density at radius 3 is 2.57 bits per heavy atom. The number of benzene rings is 2. The first kappa shape index (κ1) is 15.3. The van der Waals surface area contributed by atoms with Crippen molar-refractivity contribution in [2.45, 2.75) is 33.7 Å². The molecule has 0 aliphatic heterocycles. The van der Waals surface area contributed by atoms with Gasteiger partial charge in [0.05, 0.1) is 5.70 Å². The molecule has 0 heterocycles. The first-order chi connectivity index (χ1) is 10.8. The van der Waals surface area contributed by atoms with Crippen LogP contribution >= 0.6 is 0 Å². The van der Waals surface area contributed by atoms with E-state index in [2.05, 4.69) is 18.3 Å². The van der Waals surface area contributed by atoms with E-state index in [0.717, 1.165) is 27.5 Å². The summed E-state index contributed by atoms with van der Waals surface area (Å²) in [5.41, 5.74) is 10.7. The zero-order valence-electron chi connectivity index (χ0n) is 13.9. The van der Waals surface area contributed by atoms with Gasteiger partial charge >= 0.3 is 0 Å². The molecule has 2 aromatic carbocycles. The van der Waals surface area contributed by atoms with E-state index in [1.54, 1.807) is 0 Å². The van der Waals surface area contributed by atoms with Gasteiger partial charge in [-0.05, 0) is 55.7 Å². The summed E-state index contributed by atoms with van der Waals surface area (Å²) in [5, 5.41) is 13.6. The molecule has 4 nitrogen and oxygen atoms in total. The Hall–Kier alpha value is -2.62. The highest BCUT2D eigenvalue weighted by atomic mass is 16.1. The second-order valence-corrected chi connectivity index (χ2v) is 6.39. The Labute approximate surface area is 135 Å². The molecule has 0 saturated heterocycles. The molecule has 4 N–H and O–H groups in total. The smallest absolute Gasteiger partial charge is 0.229 e. The van der Waals surface area contributed by atoms with Crippen LogP contribution in [-0.4, -0.2) is 17.5 Å². The summed E-state index contributed by atoms with van der Waals surface area (Å²) in [5.74, 6) is -0.338. The van der Waals surface area contributed by atoms with E-state index in [-0.39, 0.29) is 17.5 Å². The quantitative estimate of drug-likeness (QED) is 0.798. The number of ketones is 1. The standard InChI is InChI=1S/C19H21N3O/c1-9(2)22-18-17(21)15-11(4)14-10(3)6-5-7-12(14)8-13(15)16(20)19(18)23/h5-9,20,22H,21H2,1-4H3. The van der Waals surface area contributed by atoms with Crippen molar-refractivity contribution in [2.24, 2.45) is 5.73 Å². The van der Waals surface area contributed by atoms with Crippen molar-refractivity contribution in [3.63, 3.8) is 0 Å². The maximum Gasteiger partial charge on any atom is 0.229 e. The molecule has 0 fully saturated rings. The lowest BCUT2D eigenvalue weighted by atomic mass is 9.83. The molecule has 0 unspecified atom stereocenters. The van der Waals surface area contributed by atoms with E-state index < -0.39 is 0 Å². The highest BCUT2D eigenvalue weighted by Gasteiger charge is 2.31. The molecule has 3 rings (SSSR count). The number of Topliss-reactive ketones (excluding diaryl/α,β-unsaturated/α-hetero) is 1. The zero-order chi connectivity index (χ0) is 16.9. The summed E-state index contributed by atoms with van der Waals surface area (Å²) in [4.78, 5) is 12.5. The predicted molar refractivity (Wildman–Crippen MR) is 94.6 cm³/mol. The van der Waals surface area contributed by atoms with Crippen molar-refractivity contribution < 1.29 is 4.79 Å². The summed E-state index contributed by atoms with van der Waals surface area (Å²) < 4.78 is 0. The first-order valence-corrected chi connectivity index (χ1v) is 7.76. The second kappa shape index (κ2) is 5.23. The molecule has 0 amide bonds. The monoisotopic (exact) mass is 307 g/mol. The summed E-state index contributed by atoms with van der Waals surface area (Å²) in [6, 6.07) is 8.04. The van der Waals surface area contributed by atoms with Crippen LogP contribution in [0.15, 0.2) is 30.0 Å². The fourth-order valence-corrected chi connectivity index (χ4v) is 3.35. The van der Waals surface area contributed by atoms with Gasteiger partial charge in [-0.2, -0.15) is 0 Å². The van der Waals surface area contributed by atoms with Gasteiger partial charge in [0.1, 0.15) is 11.4 Å². The molecule has 1 aliphatic rings. The van der Waals surface area contributed by atoms with Crippen LogP contribution in [0.5, 0.6) is 0 Å². The van der Waals surface area contributed by atoms with Crippen LogP contribution in [-0.2, 0) is 4.79 Å². The minimum atomic E-state index is -0.338. The third kappa shape index (κ3) is 2.22. The molecule has 1 aliphatic carbocycles. The number of carbonyl (C=O) groups excluding carboxylic acids is 1. The first-order valence-electron chi connectivity index (χ1n) is 7.76. The van der Waals surface area contributed by atoms with Gasteiger partial charge in [0.25, 0.3) is 0 Å². The van der Waals surface area contributed by atoms with Crippen molar-refractivity contribution in [1.82, 2.24) is 5.32 Å². The van der Waals surface area contributed by atoms with Crippen molar-refractivity contribution >= 4 is 28.0 Å². The van der Waals surface area contributed by atoms with Crippen LogP contribution in [0.25, 0.3) is 16.5 Å². The zero-order valence-corrected chi connectivity index (χ0v) is 13.9. The lowest BCUT2D eigenvalue weighted by Gasteiger charge is -2.25. The molecular weight excluding hydrogens is 286 g/mol. The van der Waals surface area contributed by atoms with E-state index in [4.69, 9.17) is 11.1 Å². The number of allylic oxidation sites excluding steroid dienone is 1. The molecule has 0 atom stereocenters. The van der Waals surface area contributed by atoms with Crippen LogP contribution in [0.1, 0.15) is 36.1 Å². The Balaban J connectivity index is 2.40. The summed E-state index contributed by atoms with van der Waals surface area (Å²) >= 11 is 0. The Kier molecular flexibility index (Phi) is 3.48. The minimum absolute atomic E-state index is 0.00357. The van der Waals surface area contributed by atoms with E-state index in [9.17, 15) is 4.79 Å². The second-order valence-electron chi connectivity index (χ2n) is 6.39. The number of nitrogens with one attached hydrogen (secondary N) is 2.